The number of hydrogen-bond donors (Lipinski definition) is 3. The molecule has 0 radical (unpaired) electrons. The van der Waals surface area contributed by atoms with E-state index in [4.69, 9.17) is 17.0 Å². The van der Waals surface area contributed by atoms with Gasteiger partial charge in [-0.05, 0) is 51.3 Å². The fourth-order valence-corrected chi connectivity index (χ4v) is 1.92. The lowest BCUT2D eigenvalue weighted by atomic mass is 10.1. The number of hydrogen-bond acceptors (Lipinski definition) is 4. The van der Waals surface area contributed by atoms with Gasteiger partial charge >= 0.3 is 0 Å². The van der Waals surface area contributed by atoms with Crippen molar-refractivity contribution in [3.8, 4) is 5.75 Å². The Morgan fingerprint density at radius 2 is 1.86 bits per heavy atom. The molecule has 0 spiro atoms. The van der Waals surface area contributed by atoms with Gasteiger partial charge in [0.25, 0.3) is 5.91 Å². The molecular weight excluding hydrogens is 300 g/mol. The van der Waals surface area contributed by atoms with E-state index in [1.165, 1.54) is 0 Å². The molecule has 0 aliphatic carbocycles. The number of amides is 1. The molecule has 0 saturated carbocycles. The largest absolute Gasteiger partial charge is 0.483 e. The first kappa shape index (κ1) is 18.2. The molecule has 0 bridgehead atoms. The average Bonchev–Trinajstić information content (AvgIpc) is 2.44. The SMILES string of the molecule is Cc1cccc(C)c1OCC(=O)NNC(=S)NCCN(C)C. The Bertz CT molecular complexity index is 500. The molecule has 1 aromatic rings. The summed E-state index contributed by atoms with van der Waals surface area (Å²) in [5.74, 6) is 0.448. The Hall–Kier alpha value is -1.86. The lowest BCUT2D eigenvalue weighted by Gasteiger charge is -2.15. The molecule has 122 valence electrons. The second kappa shape index (κ2) is 9.22. The number of nitrogens with one attached hydrogen (secondary N) is 3. The first-order valence-electron chi connectivity index (χ1n) is 7.06. The third-order valence-corrected chi connectivity index (χ3v) is 3.16. The minimum atomic E-state index is -0.292. The summed E-state index contributed by atoms with van der Waals surface area (Å²) in [4.78, 5) is 13.8. The monoisotopic (exact) mass is 324 g/mol. The number of benzene rings is 1. The van der Waals surface area contributed by atoms with Gasteiger partial charge in [-0.3, -0.25) is 15.6 Å². The topological polar surface area (TPSA) is 65.6 Å². The smallest absolute Gasteiger partial charge is 0.276 e. The van der Waals surface area contributed by atoms with E-state index in [1.54, 1.807) is 0 Å². The van der Waals surface area contributed by atoms with Gasteiger partial charge in [0.1, 0.15) is 5.75 Å². The van der Waals surface area contributed by atoms with Crippen molar-refractivity contribution in [1.29, 1.82) is 0 Å². The number of rotatable bonds is 6. The molecule has 0 aliphatic rings. The Kier molecular flexibility index (Phi) is 7.62. The van der Waals surface area contributed by atoms with E-state index in [9.17, 15) is 4.79 Å². The Labute approximate surface area is 137 Å². The third-order valence-electron chi connectivity index (χ3n) is 2.92. The Balaban J connectivity index is 2.28. The maximum Gasteiger partial charge on any atom is 0.276 e. The van der Waals surface area contributed by atoms with Crippen molar-refractivity contribution in [2.24, 2.45) is 0 Å². The molecule has 0 atom stereocenters. The summed E-state index contributed by atoms with van der Waals surface area (Å²) in [5, 5.41) is 3.36. The molecule has 0 aromatic heterocycles. The molecule has 0 heterocycles. The zero-order valence-electron chi connectivity index (χ0n) is 13.5. The molecule has 0 aliphatic heterocycles. The van der Waals surface area contributed by atoms with Crippen LogP contribution in [0, 0.1) is 13.8 Å². The molecule has 1 aromatic carbocycles. The number of carbonyl (C=O) groups is 1. The maximum absolute atomic E-state index is 11.7. The van der Waals surface area contributed by atoms with Crippen LogP contribution in [-0.4, -0.2) is 49.7 Å². The predicted octanol–water partition coefficient (Wildman–Crippen LogP) is 0.739. The number of likely N-dealkylation sites (N-methyl/N-ethyl adjacent to an activating group) is 1. The van der Waals surface area contributed by atoms with Crippen LogP contribution in [-0.2, 0) is 4.79 Å². The van der Waals surface area contributed by atoms with Crippen molar-refractivity contribution in [2.45, 2.75) is 13.8 Å². The molecule has 0 saturated heterocycles. The quantitative estimate of drug-likeness (QED) is 0.530. The lowest BCUT2D eigenvalue weighted by Crippen LogP contribution is -2.49. The number of carbonyl (C=O) groups excluding carboxylic acids is 1. The highest BCUT2D eigenvalue weighted by Crippen LogP contribution is 2.21. The Morgan fingerprint density at radius 1 is 1.23 bits per heavy atom. The molecule has 6 nitrogen and oxygen atoms in total. The summed E-state index contributed by atoms with van der Waals surface area (Å²) >= 11 is 5.05. The van der Waals surface area contributed by atoms with Crippen LogP contribution in [0.1, 0.15) is 11.1 Å². The standard InChI is InChI=1S/C15H24N4O2S/c1-11-6-5-7-12(2)14(11)21-10-13(20)17-18-15(22)16-8-9-19(3)4/h5-7H,8-10H2,1-4H3,(H,17,20)(H2,16,18,22). The van der Waals surface area contributed by atoms with E-state index in [-0.39, 0.29) is 12.5 Å². The number of aryl methyl sites for hydroxylation is 2. The number of para-hydroxylation sites is 1. The van der Waals surface area contributed by atoms with E-state index in [0.29, 0.717) is 11.7 Å². The molecule has 0 unspecified atom stereocenters. The van der Waals surface area contributed by atoms with Crippen molar-refractivity contribution in [3.63, 3.8) is 0 Å². The number of nitrogens with zero attached hydrogens (tertiary/aromatic N) is 1. The maximum atomic E-state index is 11.7. The molecule has 22 heavy (non-hydrogen) atoms. The van der Waals surface area contributed by atoms with E-state index in [1.807, 2.05) is 51.0 Å². The van der Waals surface area contributed by atoms with E-state index < -0.39 is 0 Å². The average molecular weight is 324 g/mol. The highest BCUT2D eigenvalue weighted by molar-refractivity contribution is 7.80. The van der Waals surface area contributed by atoms with Crippen molar-refractivity contribution in [1.82, 2.24) is 21.1 Å². The summed E-state index contributed by atoms with van der Waals surface area (Å²) in [6.07, 6.45) is 0. The van der Waals surface area contributed by atoms with Crippen LogP contribution >= 0.6 is 12.2 Å². The van der Waals surface area contributed by atoms with Gasteiger partial charge in [-0.1, -0.05) is 18.2 Å². The predicted molar refractivity (Wildman–Crippen MR) is 91.8 cm³/mol. The van der Waals surface area contributed by atoms with E-state index in [0.717, 1.165) is 23.4 Å². The van der Waals surface area contributed by atoms with Crippen LogP contribution in [0.25, 0.3) is 0 Å². The van der Waals surface area contributed by atoms with Crippen molar-refractivity contribution < 1.29 is 9.53 Å². The Morgan fingerprint density at radius 3 is 2.45 bits per heavy atom. The molecule has 1 rings (SSSR count). The molecule has 0 fully saturated rings. The summed E-state index contributed by atoms with van der Waals surface area (Å²) < 4.78 is 5.55. The first-order valence-corrected chi connectivity index (χ1v) is 7.47. The van der Waals surface area contributed by atoms with Gasteiger partial charge in [-0.25, -0.2) is 0 Å². The van der Waals surface area contributed by atoms with Crippen molar-refractivity contribution >= 4 is 23.2 Å². The van der Waals surface area contributed by atoms with Gasteiger partial charge < -0.3 is 15.0 Å². The van der Waals surface area contributed by atoms with E-state index in [2.05, 4.69) is 16.2 Å². The van der Waals surface area contributed by atoms with Gasteiger partial charge in [0.2, 0.25) is 0 Å². The van der Waals surface area contributed by atoms with Gasteiger partial charge in [0.05, 0.1) is 0 Å². The molecule has 1 amide bonds. The summed E-state index contributed by atoms with van der Waals surface area (Å²) in [6, 6.07) is 5.85. The minimum absolute atomic E-state index is 0.0704. The van der Waals surface area contributed by atoms with Crippen LogP contribution in [0.3, 0.4) is 0 Å². The second-order valence-corrected chi connectivity index (χ2v) is 5.65. The normalized spacial score (nSPS) is 10.2. The van der Waals surface area contributed by atoms with Gasteiger partial charge in [-0.2, -0.15) is 0 Å². The summed E-state index contributed by atoms with van der Waals surface area (Å²) in [7, 11) is 3.95. The van der Waals surface area contributed by atoms with Crippen molar-refractivity contribution in [3.05, 3.63) is 29.3 Å². The highest BCUT2D eigenvalue weighted by Gasteiger charge is 2.07. The van der Waals surface area contributed by atoms with Gasteiger partial charge in [0, 0.05) is 13.1 Å². The van der Waals surface area contributed by atoms with Crippen LogP contribution < -0.4 is 20.9 Å². The number of thiocarbonyl (C=S) groups is 1. The van der Waals surface area contributed by atoms with Gasteiger partial charge in [-0.15, -0.1) is 0 Å². The number of ether oxygens (including phenoxy) is 1. The van der Waals surface area contributed by atoms with Crippen LogP contribution in [0.15, 0.2) is 18.2 Å². The fourth-order valence-electron chi connectivity index (χ4n) is 1.76. The van der Waals surface area contributed by atoms with Crippen molar-refractivity contribution in [2.75, 3.05) is 33.8 Å². The molecule has 7 heteroatoms. The van der Waals surface area contributed by atoms with E-state index >= 15 is 0 Å². The van der Waals surface area contributed by atoms with Crippen LogP contribution in [0.5, 0.6) is 5.75 Å². The minimum Gasteiger partial charge on any atom is -0.483 e. The van der Waals surface area contributed by atoms with Gasteiger partial charge in [0.15, 0.2) is 11.7 Å². The summed E-state index contributed by atoms with van der Waals surface area (Å²) in [5.41, 5.74) is 7.15. The zero-order chi connectivity index (χ0) is 16.5. The molecule has 3 N–H and O–H groups in total. The molecular formula is C15H24N4O2S. The third kappa shape index (κ3) is 6.73. The van der Waals surface area contributed by atoms with Crippen LogP contribution in [0.4, 0.5) is 0 Å². The lowest BCUT2D eigenvalue weighted by molar-refractivity contribution is -0.123. The fraction of sp³-hybridized carbons (Fsp3) is 0.467. The zero-order valence-corrected chi connectivity index (χ0v) is 14.3. The second-order valence-electron chi connectivity index (χ2n) is 5.24. The first-order chi connectivity index (χ1) is 10.4. The summed E-state index contributed by atoms with van der Waals surface area (Å²) in [6.45, 7) is 5.38. The number of hydrazine groups is 1. The van der Waals surface area contributed by atoms with Crippen LogP contribution in [0.2, 0.25) is 0 Å². The highest BCUT2D eigenvalue weighted by atomic mass is 32.1.